The van der Waals surface area contributed by atoms with Gasteiger partial charge in [-0.1, -0.05) is 68.2 Å². The van der Waals surface area contributed by atoms with Gasteiger partial charge in [-0.15, -0.1) is 0 Å². The SMILES string of the molecule is COc1cc2nc(-c3ccccc3)cc3c2cc1/C=C/CCCCCN[C@@H](C1CCCCC1)C(=O)N1C[C@@H](C[C@H]1C(=O)O)O3. The number of carbonyl (C=O) groups excluding carboxylic acids is 1. The second-order valence-electron chi connectivity index (χ2n) is 12.4. The van der Waals surface area contributed by atoms with Crippen LogP contribution in [-0.2, 0) is 9.59 Å². The lowest BCUT2D eigenvalue weighted by Gasteiger charge is -2.34. The number of carbonyl (C=O) groups is 2. The van der Waals surface area contributed by atoms with Crippen molar-refractivity contribution < 1.29 is 24.2 Å². The van der Waals surface area contributed by atoms with Crippen molar-refractivity contribution in [2.24, 2.45) is 5.92 Å². The average Bonchev–Trinajstić information content (AvgIpc) is 3.48. The van der Waals surface area contributed by atoms with Gasteiger partial charge in [-0.25, -0.2) is 9.78 Å². The number of ether oxygens (including phenoxy) is 2. The van der Waals surface area contributed by atoms with Gasteiger partial charge in [-0.05, 0) is 50.6 Å². The summed E-state index contributed by atoms with van der Waals surface area (Å²) in [4.78, 5) is 33.2. The molecule has 3 aromatic rings. The van der Waals surface area contributed by atoms with Gasteiger partial charge < -0.3 is 24.8 Å². The van der Waals surface area contributed by atoms with Crippen molar-refractivity contribution in [3.05, 3.63) is 60.2 Å². The maximum atomic E-state index is 14.2. The van der Waals surface area contributed by atoms with E-state index in [1.807, 2.05) is 48.5 Å². The van der Waals surface area contributed by atoms with Crippen molar-refractivity contribution in [2.75, 3.05) is 20.2 Å². The summed E-state index contributed by atoms with van der Waals surface area (Å²) in [6.45, 7) is 0.976. The molecule has 8 nitrogen and oxygen atoms in total. The predicted octanol–water partition coefficient (Wildman–Crippen LogP) is 6.47. The Labute approximate surface area is 259 Å². The quantitative estimate of drug-likeness (QED) is 0.356. The zero-order valence-corrected chi connectivity index (χ0v) is 25.5. The molecule has 1 amide bonds. The highest BCUT2D eigenvalue weighted by atomic mass is 16.5. The lowest BCUT2D eigenvalue weighted by atomic mass is 9.83. The molecule has 232 valence electrons. The minimum absolute atomic E-state index is 0.101. The molecule has 2 fully saturated rings. The van der Waals surface area contributed by atoms with Gasteiger partial charge in [-0.3, -0.25) is 4.79 Å². The average molecular weight is 598 g/mol. The number of carboxylic acids is 1. The van der Waals surface area contributed by atoms with Crippen LogP contribution in [0.4, 0.5) is 0 Å². The number of aromatic nitrogens is 1. The highest BCUT2D eigenvalue weighted by Crippen LogP contribution is 2.37. The van der Waals surface area contributed by atoms with Gasteiger partial charge in [-0.2, -0.15) is 0 Å². The lowest BCUT2D eigenvalue weighted by Crippen LogP contribution is -2.54. The van der Waals surface area contributed by atoms with Crippen LogP contribution in [0.5, 0.6) is 11.5 Å². The van der Waals surface area contributed by atoms with Crippen LogP contribution in [-0.4, -0.2) is 65.3 Å². The number of hydrogen-bond acceptors (Lipinski definition) is 6. The molecule has 0 unspecified atom stereocenters. The number of hydrogen-bond donors (Lipinski definition) is 2. The van der Waals surface area contributed by atoms with Crippen LogP contribution in [0.15, 0.2) is 54.6 Å². The number of nitrogens with zero attached hydrogens (tertiary/aromatic N) is 2. The molecule has 8 heteroatoms. The molecule has 1 aliphatic carbocycles. The first-order valence-electron chi connectivity index (χ1n) is 16.2. The number of carboxylic acid groups (broad SMARTS) is 1. The van der Waals surface area contributed by atoms with Crippen LogP contribution >= 0.6 is 0 Å². The van der Waals surface area contributed by atoms with E-state index in [1.165, 1.54) is 6.42 Å². The molecule has 3 aliphatic rings. The van der Waals surface area contributed by atoms with Gasteiger partial charge in [0.2, 0.25) is 5.91 Å². The number of nitrogens with one attached hydrogen (secondary N) is 1. The van der Waals surface area contributed by atoms with Gasteiger partial charge in [0.25, 0.3) is 0 Å². The summed E-state index contributed by atoms with van der Waals surface area (Å²) in [6, 6.07) is 14.5. The predicted molar refractivity (Wildman–Crippen MR) is 172 cm³/mol. The molecular weight excluding hydrogens is 554 g/mol. The van der Waals surface area contributed by atoms with E-state index in [0.29, 0.717) is 5.75 Å². The van der Waals surface area contributed by atoms with E-state index in [9.17, 15) is 14.7 Å². The summed E-state index contributed by atoms with van der Waals surface area (Å²) >= 11 is 0. The van der Waals surface area contributed by atoms with Crippen LogP contribution in [0.3, 0.4) is 0 Å². The van der Waals surface area contributed by atoms with Gasteiger partial charge in [0.1, 0.15) is 23.6 Å². The summed E-state index contributed by atoms with van der Waals surface area (Å²) < 4.78 is 12.4. The Hall–Kier alpha value is -3.91. The molecule has 3 atom stereocenters. The van der Waals surface area contributed by atoms with Gasteiger partial charge in [0.15, 0.2) is 0 Å². The van der Waals surface area contributed by atoms with Crippen LogP contribution in [0.25, 0.3) is 28.2 Å². The molecule has 0 spiro atoms. The first kappa shape index (κ1) is 30.1. The third-order valence-corrected chi connectivity index (χ3v) is 9.41. The topological polar surface area (TPSA) is 101 Å². The molecule has 2 N–H and O–H groups in total. The molecule has 1 aromatic heterocycles. The number of methoxy groups -OCH3 is 1. The molecule has 1 saturated carbocycles. The maximum Gasteiger partial charge on any atom is 0.326 e. The van der Waals surface area contributed by atoms with Crippen molar-refractivity contribution in [1.29, 1.82) is 0 Å². The highest BCUT2D eigenvalue weighted by molar-refractivity contribution is 5.92. The molecule has 4 bridgehead atoms. The smallest absolute Gasteiger partial charge is 0.326 e. The molecule has 2 aliphatic heterocycles. The first-order chi connectivity index (χ1) is 21.5. The Bertz CT molecular complexity index is 1500. The molecule has 0 radical (unpaired) electrons. The van der Waals surface area contributed by atoms with E-state index in [-0.39, 0.29) is 30.8 Å². The van der Waals surface area contributed by atoms with Crippen molar-refractivity contribution >= 4 is 28.9 Å². The third-order valence-electron chi connectivity index (χ3n) is 9.41. The number of benzene rings is 2. The first-order valence-corrected chi connectivity index (χ1v) is 16.2. The summed E-state index contributed by atoms with van der Waals surface area (Å²) in [5.74, 6) is 0.492. The second-order valence-corrected chi connectivity index (χ2v) is 12.4. The molecule has 6 rings (SSSR count). The number of aliphatic carboxylic acids is 1. The Morgan fingerprint density at radius 1 is 1.05 bits per heavy atom. The third kappa shape index (κ3) is 6.60. The zero-order valence-electron chi connectivity index (χ0n) is 25.5. The van der Waals surface area contributed by atoms with E-state index in [2.05, 4.69) is 17.5 Å². The maximum absolute atomic E-state index is 14.2. The van der Waals surface area contributed by atoms with E-state index in [1.54, 1.807) is 12.0 Å². The van der Waals surface area contributed by atoms with Crippen LogP contribution < -0.4 is 14.8 Å². The molecule has 3 heterocycles. The highest BCUT2D eigenvalue weighted by Gasteiger charge is 2.44. The van der Waals surface area contributed by atoms with E-state index in [0.717, 1.165) is 91.4 Å². The van der Waals surface area contributed by atoms with Gasteiger partial charge in [0.05, 0.1) is 30.9 Å². The van der Waals surface area contributed by atoms with Crippen molar-refractivity contribution in [3.63, 3.8) is 0 Å². The lowest BCUT2D eigenvalue weighted by molar-refractivity contribution is -0.149. The monoisotopic (exact) mass is 597 g/mol. The van der Waals surface area contributed by atoms with Crippen LogP contribution in [0, 0.1) is 5.92 Å². The van der Waals surface area contributed by atoms with Crippen molar-refractivity contribution in [1.82, 2.24) is 15.2 Å². The Morgan fingerprint density at radius 2 is 1.84 bits per heavy atom. The summed E-state index contributed by atoms with van der Waals surface area (Å²) in [5.41, 5.74) is 3.36. The molecule has 1 saturated heterocycles. The fourth-order valence-electron chi connectivity index (χ4n) is 7.07. The van der Waals surface area contributed by atoms with Gasteiger partial charge >= 0.3 is 5.97 Å². The minimum atomic E-state index is -0.987. The van der Waals surface area contributed by atoms with Crippen molar-refractivity contribution in [3.8, 4) is 22.8 Å². The van der Waals surface area contributed by atoms with E-state index >= 15 is 0 Å². The largest absolute Gasteiger partial charge is 0.496 e. The minimum Gasteiger partial charge on any atom is -0.496 e. The number of fused-ring (bicyclic) bond motifs is 3. The van der Waals surface area contributed by atoms with E-state index in [4.69, 9.17) is 14.5 Å². The Morgan fingerprint density at radius 3 is 2.61 bits per heavy atom. The fraction of sp³-hybridized carbons (Fsp3) is 0.472. The summed E-state index contributed by atoms with van der Waals surface area (Å²) in [7, 11) is 1.67. The standard InChI is InChI=1S/C36H43N3O5/c1-43-32-22-30-28-19-26(32)17-7-3-2-4-12-18-37-34(25-15-10-6-11-16-25)35(40)39-23-27(20-31(39)36(41)42)44-33(28)21-29(38-30)24-13-8-5-9-14-24/h5,7-9,13-14,17,19,21-22,25,27,31,34,37H,2-4,6,10-12,15-16,18,20,23H2,1H3,(H,41,42)/b17-7+/t27-,31+,34+/m1/s1. The number of amides is 1. The Kier molecular flexibility index (Phi) is 9.45. The van der Waals surface area contributed by atoms with Crippen LogP contribution in [0.1, 0.15) is 69.8 Å². The number of rotatable bonds is 4. The summed E-state index contributed by atoms with van der Waals surface area (Å²) in [6.07, 6.45) is 13.5. The van der Waals surface area contributed by atoms with E-state index < -0.39 is 18.1 Å². The molecule has 2 aromatic carbocycles. The fourth-order valence-corrected chi connectivity index (χ4v) is 7.07. The number of allylic oxidation sites excluding steroid dienone is 1. The van der Waals surface area contributed by atoms with Gasteiger partial charge in [0, 0.05) is 35.1 Å². The van der Waals surface area contributed by atoms with Crippen LogP contribution in [0.2, 0.25) is 0 Å². The zero-order chi connectivity index (χ0) is 30.5. The van der Waals surface area contributed by atoms with Crippen molar-refractivity contribution in [2.45, 2.75) is 82.4 Å². The molecule has 44 heavy (non-hydrogen) atoms. The second kappa shape index (κ2) is 13.8. The molecular formula is C36H43N3O5. The Balaban J connectivity index is 1.41. The summed E-state index contributed by atoms with van der Waals surface area (Å²) in [5, 5.41) is 14.7. The number of pyridine rings is 1. The normalized spacial score (nSPS) is 24.4.